The van der Waals surface area contributed by atoms with Gasteiger partial charge in [-0.2, -0.15) is 0 Å². The Bertz CT molecular complexity index is 865. The Morgan fingerprint density at radius 2 is 1.62 bits per heavy atom. The fourth-order valence-corrected chi connectivity index (χ4v) is 4.23. The molecule has 0 bridgehead atoms. The Labute approximate surface area is 191 Å². The monoisotopic (exact) mass is 439 g/mol. The number of nitrogen functional groups attached to an aromatic ring is 1. The minimum absolute atomic E-state index is 0.161. The highest BCUT2D eigenvalue weighted by Gasteiger charge is 2.23. The molecule has 2 aromatic rings. The third kappa shape index (κ3) is 6.58. The van der Waals surface area contributed by atoms with Gasteiger partial charge >= 0.3 is 0 Å². The van der Waals surface area contributed by atoms with Gasteiger partial charge in [0, 0.05) is 38.2 Å². The summed E-state index contributed by atoms with van der Waals surface area (Å²) < 4.78 is 0. The first-order chi connectivity index (χ1) is 15.6. The molecule has 3 N–H and O–H groups in total. The largest absolute Gasteiger partial charge is 0.507 e. The normalized spacial score (nSPS) is 14.0. The first-order valence-corrected chi connectivity index (χ1v) is 12.0. The zero-order valence-electron chi connectivity index (χ0n) is 19.3. The van der Waals surface area contributed by atoms with Crippen molar-refractivity contribution in [1.29, 1.82) is 0 Å². The van der Waals surface area contributed by atoms with Crippen LogP contribution in [0.2, 0.25) is 0 Å². The Morgan fingerprint density at radius 3 is 2.31 bits per heavy atom. The molecular formula is C25H37N5O2. The van der Waals surface area contributed by atoms with Crippen molar-refractivity contribution in [3.8, 4) is 17.0 Å². The van der Waals surface area contributed by atoms with Gasteiger partial charge in [-0.3, -0.25) is 4.79 Å². The topological polar surface area (TPSA) is 95.6 Å². The van der Waals surface area contributed by atoms with Crippen molar-refractivity contribution in [2.45, 2.75) is 64.7 Å². The minimum atomic E-state index is 0.161. The van der Waals surface area contributed by atoms with Crippen LogP contribution in [-0.2, 0) is 4.79 Å². The molecule has 0 unspecified atom stereocenters. The lowest BCUT2D eigenvalue weighted by Crippen LogP contribution is -2.49. The summed E-state index contributed by atoms with van der Waals surface area (Å²) in [5.41, 5.74) is 8.11. The molecule has 7 heteroatoms. The van der Waals surface area contributed by atoms with Gasteiger partial charge in [-0.15, -0.1) is 10.2 Å². The number of hydrogen-bond acceptors (Lipinski definition) is 6. The quantitative estimate of drug-likeness (QED) is 0.496. The molecule has 1 aromatic heterocycles. The van der Waals surface area contributed by atoms with Crippen molar-refractivity contribution in [2.24, 2.45) is 0 Å². The summed E-state index contributed by atoms with van der Waals surface area (Å²) in [4.78, 5) is 16.7. The van der Waals surface area contributed by atoms with E-state index in [1.807, 2.05) is 17.0 Å². The summed E-state index contributed by atoms with van der Waals surface area (Å²) in [5.74, 6) is 0.781. The average molecular weight is 440 g/mol. The van der Waals surface area contributed by atoms with E-state index in [1.165, 1.54) is 38.5 Å². The molecule has 1 amide bonds. The van der Waals surface area contributed by atoms with Gasteiger partial charge < -0.3 is 20.6 Å². The molecule has 1 fully saturated rings. The highest BCUT2D eigenvalue weighted by molar-refractivity contribution is 5.77. The van der Waals surface area contributed by atoms with E-state index in [0.717, 1.165) is 18.5 Å². The third-order valence-electron chi connectivity index (χ3n) is 6.20. The summed E-state index contributed by atoms with van der Waals surface area (Å²) in [7, 11) is 0. The number of unbranched alkanes of at least 4 members (excludes halogenated alkanes) is 7. The minimum Gasteiger partial charge on any atom is -0.507 e. The number of aromatic nitrogens is 2. The lowest BCUT2D eigenvalue weighted by molar-refractivity contribution is -0.131. The lowest BCUT2D eigenvalue weighted by atomic mass is 10.1. The molecule has 0 radical (unpaired) electrons. The summed E-state index contributed by atoms with van der Waals surface area (Å²) in [6.45, 7) is 5.02. The Balaban J connectivity index is 1.46. The van der Waals surface area contributed by atoms with Gasteiger partial charge in [0.25, 0.3) is 0 Å². The number of aromatic hydroxyl groups is 1. The molecule has 32 heavy (non-hydrogen) atoms. The molecule has 1 aromatic carbocycles. The number of phenols is 1. The second-order valence-corrected chi connectivity index (χ2v) is 8.61. The zero-order chi connectivity index (χ0) is 22.8. The molecule has 174 valence electrons. The summed E-state index contributed by atoms with van der Waals surface area (Å²) in [5, 5.41) is 18.4. The maximum atomic E-state index is 12.6. The smallest absolute Gasteiger partial charge is 0.222 e. The Morgan fingerprint density at radius 1 is 0.969 bits per heavy atom. The van der Waals surface area contributed by atoms with Crippen LogP contribution in [0.4, 0.5) is 11.5 Å². The standard InChI is InChI=1S/C25H37N5O2/c1-2-3-4-5-6-7-8-9-14-24(32)30-17-15-29(16-18-30)22-19-21(27-28-25(22)26)20-12-10-11-13-23(20)31/h10-13,19,31H,2-9,14-18H2,1H3,(H2,26,28). The van der Waals surface area contributed by atoms with Crippen LogP contribution in [0.25, 0.3) is 11.3 Å². The van der Waals surface area contributed by atoms with Crippen molar-refractivity contribution in [2.75, 3.05) is 36.8 Å². The van der Waals surface area contributed by atoms with Gasteiger partial charge in [0.05, 0.1) is 11.4 Å². The van der Waals surface area contributed by atoms with Crippen LogP contribution in [0.1, 0.15) is 64.7 Å². The number of carbonyl (C=O) groups excluding carboxylic acids is 1. The van der Waals surface area contributed by atoms with Gasteiger partial charge in [-0.05, 0) is 24.6 Å². The number of anilines is 2. The predicted octanol–water partition coefficient (Wildman–Crippen LogP) is 4.61. The van der Waals surface area contributed by atoms with Gasteiger partial charge in [0.15, 0.2) is 5.82 Å². The zero-order valence-corrected chi connectivity index (χ0v) is 19.3. The maximum Gasteiger partial charge on any atom is 0.222 e. The number of nitrogens with two attached hydrogens (primary N) is 1. The number of phenolic OH excluding ortho intramolecular Hbond substituents is 1. The molecule has 3 rings (SSSR count). The number of rotatable bonds is 11. The van der Waals surface area contributed by atoms with Gasteiger partial charge in [-0.25, -0.2) is 0 Å². The Hall–Kier alpha value is -2.83. The van der Waals surface area contributed by atoms with Crippen LogP contribution in [0.3, 0.4) is 0 Å². The first-order valence-electron chi connectivity index (χ1n) is 12.0. The van der Waals surface area contributed by atoms with Crippen molar-refractivity contribution >= 4 is 17.4 Å². The molecule has 1 aliphatic rings. The molecule has 7 nitrogen and oxygen atoms in total. The molecule has 0 aliphatic carbocycles. The molecule has 0 atom stereocenters. The summed E-state index contributed by atoms with van der Waals surface area (Å²) >= 11 is 0. The van der Waals surface area contributed by atoms with Crippen LogP contribution in [0.5, 0.6) is 5.75 Å². The number of nitrogens with zero attached hydrogens (tertiary/aromatic N) is 4. The van der Waals surface area contributed by atoms with Crippen molar-refractivity contribution in [3.63, 3.8) is 0 Å². The second kappa shape index (κ2) is 12.3. The van der Waals surface area contributed by atoms with Crippen LogP contribution in [-0.4, -0.2) is 52.3 Å². The number of carbonyl (C=O) groups is 1. The maximum absolute atomic E-state index is 12.6. The number of para-hydroxylation sites is 1. The van der Waals surface area contributed by atoms with E-state index < -0.39 is 0 Å². The SMILES string of the molecule is CCCCCCCCCCC(=O)N1CCN(c2cc(-c3ccccc3O)nnc2N)CC1. The molecule has 1 saturated heterocycles. The van der Waals surface area contributed by atoms with Crippen LogP contribution in [0, 0.1) is 0 Å². The van der Waals surface area contributed by atoms with E-state index in [4.69, 9.17) is 5.73 Å². The lowest BCUT2D eigenvalue weighted by Gasteiger charge is -2.36. The van der Waals surface area contributed by atoms with Gasteiger partial charge in [0.2, 0.25) is 5.91 Å². The van der Waals surface area contributed by atoms with Crippen LogP contribution in [0.15, 0.2) is 30.3 Å². The van der Waals surface area contributed by atoms with E-state index in [9.17, 15) is 9.90 Å². The predicted molar refractivity (Wildman–Crippen MR) is 130 cm³/mol. The van der Waals surface area contributed by atoms with Gasteiger partial charge in [0.1, 0.15) is 5.75 Å². The molecule has 0 spiro atoms. The van der Waals surface area contributed by atoms with E-state index in [1.54, 1.807) is 18.2 Å². The number of amides is 1. The van der Waals surface area contributed by atoms with E-state index >= 15 is 0 Å². The fraction of sp³-hybridized carbons (Fsp3) is 0.560. The number of hydrogen-bond donors (Lipinski definition) is 2. The number of benzene rings is 1. The summed E-state index contributed by atoms with van der Waals surface area (Å²) in [6, 6.07) is 8.93. The van der Waals surface area contributed by atoms with Crippen molar-refractivity contribution in [1.82, 2.24) is 15.1 Å². The molecule has 1 aliphatic heterocycles. The molecule has 0 saturated carbocycles. The van der Waals surface area contributed by atoms with Gasteiger partial charge in [-0.1, -0.05) is 64.0 Å². The Kier molecular flexibility index (Phi) is 9.13. The molecular weight excluding hydrogens is 402 g/mol. The van der Waals surface area contributed by atoms with Crippen molar-refractivity contribution < 1.29 is 9.90 Å². The van der Waals surface area contributed by atoms with Crippen LogP contribution < -0.4 is 10.6 Å². The summed E-state index contributed by atoms with van der Waals surface area (Å²) in [6.07, 6.45) is 10.6. The van der Waals surface area contributed by atoms with E-state index in [0.29, 0.717) is 49.7 Å². The highest BCUT2D eigenvalue weighted by atomic mass is 16.3. The second-order valence-electron chi connectivity index (χ2n) is 8.61. The van der Waals surface area contributed by atoms with Crippen LogP contribution >= 0.6 is 0 Å². The van der Waals surface area contributed by atoms with E-state index in [-0.39, 0.29) is 11.7 Å². The number of piperazine rings is 1. The fourth-order valence-electron chi connectivity index (χ4n) is 4.23. The first kappa shape index (κ1) is 23.8. The van der Waals surface area contributed by atoms with Crippen molar-refractivity contribution in [3.05, 3.63) is 30.3 Å². The highest BCUT2D eigenvalue weighted by Crippen LogP contribution is 2.31. The third-order valence-corrected chi connectivity index (χ3v) is 6.20. The van der Waals surface area contributed by atoms with E-state index in [2.05, 4.69) is 22.0 Å². The molecule has 2 heterocycles. The average Bonchev–Trinajstić information content (AvgIpc) is 2.81.